The molecule has 1 aromatic rings. The average molecular weight is 271 g/mol. The van der Waals surface area contributed by atoms with Crippen LogP contribution in [0.4, 0.5) is 4.39 Å². The van der Waals surface area contributed by atoms with Gasteiger partial charge in [-0.3, -0.25) is 0 Å². The van der Waals surface area contributed by atoms with Crippen molar-refractivity contribution in [2.75, 3.05) is 6.54 Å². The molecule has 0 bridgehead atoms. The molecule has 0 radical (unpaired) electrons. The standard InChI is InChI=1S/C13H18FNO2S/c14-12-7-4-8-13(9-12)18(16,17)15-10-11-5-2-1-3-6-11/h4,7-9,11,15H,1-3,5-6,10H2. The molecule has 0 saturated heterocycles. The summed E-state index contributed by atoms with van der Waals surface area (Å²) in [6.45, 7) is 0.457. The lowest BCUT2D eigenvalue weighted by Gasteiger charge is -2.21. The molecule has 1 aromatic carbocycles. The fraction of sp³-hybridized carbons (Fsp3) is 0.538. The van der Waals surface area contributed by atoms with Crippen LogP contribution in [-0.2, 0) is 10.0 Å². The van der Waals surface area contributed by atoms with E-state index in [4.69, 9.17) is 0 Å². The maximum atomic E-state index is 13.0. The first-order chi connectivity index (χ1) is 8.58. The molecule has 0 atom stereocenters. The molecule has 1 saturated carbocycles. The second kappa shape index (κ2) is 5.80. The van der Waals surface area contributed by atoms with Crippen LogP contribution in [0.3, 0.4) is 0 Å². The van der Waals surface area contributed by atoms with Gasteiger partial charge in [0.05, 0.1) is 4.90 Å². The number of rotatable bonds is 4. The molecule has 0 unspecified atom stereocenters. The lowest BCUT2D eigenvalue weighted by molar-refractivity contribution is 0.357. The highest BCUT2D eigenvalue weighted by Crippen LogP contribution is 2.23. The summed E-state index contributed by atoms with van der Waals surface area (Å²) >= 11 is 0. The van der Waals surface area contributed by atoms with Crippen molar-refractivity contribution in [1.82, 2.24) is 4.72 Å². The Balaban J connectivity index is 1.98. The van der Waals surface area contributed by atoms with Crippen molar-refractivity contribution in [3.8, 4) is 0 Å². The normalized spacial score (nSPS) is 17.8. The molecule has 100 valence electrons. The summed E-state index contributed by atoms with van der Waals surface area (Å²) in [5.74, 6) is -0.113. The molecule has 2 rings (SSSR count). The summed E-state index contributed by atoms with van der Waals surface area (Å²) in [5.41, 5.74) is 0. The molecule has 0 amide bonds. The molecule has 18 heavy (non-hydrogen) atoms. The number of sulfonamides is 1. The summed E-state index contributed by atoms with van der Waals surface area (Å²) in [4.78, 5) is -0.00157. The Morgan fingerprint density at radius 2 is 1.94 bits per heavy atom. The van der Waals surface area contributed by atoms with Crippen LogP contribution in [0.1, 0.15) is 32.1 Å². The van der Waals surface area contributed by atoms with Crippen molar-refractivity contribution >= 4 is 10.0 Å². The second-order valence-electron chi connectivity index (χ2n) is 4.81. The lowest BCUT2D eigenvalue weighted by atomic mass is 9.90. The third-order valence-corrected chi connectivity index (χ3v) is 4.81. The minimum atomic E-state index is -3.57. The Hall–Kier alpha value is -0.940. The van der Waals surface area contributed by atoms with Gasteiger partial charge in [-0.2, -0.15) is 0 Å². The van der Waals surface area contributed by atoms with Gasteiger partial charge in [-0.15, -0.1) is 0 Å². The Morgan fingerprint density at radius 1 is 1.22 bits per heavy atom. The highest BCUT2D eigenvalue weighted by atomic mass is 32.2. The first kappa shape index (κ1) is 13.5. The number of nitrogens with one attached hydrogen (secondary N) is 1. The van der Waals surface area contributed by atoms with Crippen LogP contribution in [-0.4, -0.2) is 15.0 Å². The first-order valence-electron chi connectivity index (χ1n) is 6.33. The number of halogens is 1. The van der Waals surface area contributed by atoms with Crippen LogP contribution in [0, 0.1) is 11.7 Å². The SMILES string of the molecule is O=S(=O)(NCC1CCCCC1)c1cccc(F)c1. The predicted octanol–water partition coefficient (Wildman–Crippen LogP) is 2.68. The number of hydrogen-bond acceptors (Lipinski definition) is 2. The van der Waals surface area contributed by atoms with Crippen LogP contribution < -0.4 is 4.72 Å². The van der Waals surface area contributed by atoms with E-state index in [1.807, 2.05) is 0 Å². The zero-order valence-electron chi connectivity index (χ0n) is 10.2. The van der Waals surface area contributed by atoms with Gasteiger partial charge in [0.1, 0.15) is 5.82 Å². The van der Waals surface area contributed by atoms with Gasteiger partial charge in [-0.25, -0.2) is 17.5 Å². The van der Waals surface area contributed by atoms with Crippen LogP contribution in [0.15, 0.2) is 29.2 Å². The molecule has 1 aliphatic carbocycles. The molecule has 0 aliphatic heterocycles. The van der Waals surface area contributed by atoms with E-state index in [-0.39, 0.29) is 4.90 Å². The Morgan fingerprint density at radius 3 is 2.61 bits per heavy atom. The molecule has 1 fully saturated rings. The Labute approximate surface area is 107 Å². The summed E-state index contributed by atoms with van der Waals surface area (Å²) in [7, 11) is -3.57. The second-order valence-corrected chi connectivity index (χ2v) is 6.58. The number of benzene rings is 1. The lowest BCUT2D eigenvalue weighted by Crippen LogP contribution is -2.30. The fourth-order valence-corrected chi connectivity index (χ4v) is 3.48. The van der Waals surface area contributed by atoms with E-state index in [1.54, 1.807) is 0 Å². The summed E-state index contributed by atoms with van der Waals surface area (Å²) in [6, 6.07) is 5.10. The van der Waals surface area contributed by atoms with Crippen LogP contribution in [0.2, 0.25) is 0 Å². The van der Waals surface area contributed by atoms with Gasteiger partial charge in [-0.1, -0.05) is 25.3 Å². The maximum absolute atomic E-state index is 13.0. The average Bonchev–Trinajstić information content (AvgIpc) is 2.38. The van der Waals surface area contributed by atoms with Crippen LogP contribution in [0.25, 0.3) is 0 Å². The van der Waals surface area contributed by atoms with Gasteiger partial charge in [-0.05, 0) is 37.0 Å². The largest absolute Gasteiger partial charge is 0.240 e. The van der Waals surface area contributed by atoms with Gasteiger partial charge < -0.3 is 0 Å². The van der Waals surface area contributed by atoms with E-state index in [0.29, 0.717) is 12.5 Å². The minimum absolute atomic E-state index is 0.00157. The van der Waals surface area contributed by atoms with E-state index in [9.17, 15) is 12.8 Å². The highest BCUT2D eigenvalue weighted by molar-refractivity contribution is 7.89. The summed E-state index contributed by atoms with van der Waals surface area (Å²) in [5, 5.41) is 0. The Bertz CT molecular complexity index is 495. The fourth-order valence-electron chi connectivity index (χ4n) is 2.34. The van der Waals surface area contributed by atoms with Gasteiger partial charge in [0, 0.05) is 6.54 Å². The van der Waals surface area contributed by atoms with Crippen molar-refractivity contribution in [2.45, 2.75) is 37.0 Å². The highest BCUT2D eigenvalue weighted by Gasteiger charge is 2.18. The Kier molecular flexibility index (Phi) is 4.35. The third kappa shape index (κ3) is 3.53. The van der Waals surface area contributed by atoms with E-state index >= 15 is 0 Å². The molecular weight excluding hydrogens is 253 g/mol. The molecule has 3 nitrogen and oxygen atoms in total. The topological polar surface area (TPSA) is 46.2 Å². The van der Waals surface area contributed by atoms with Crippen molar-refractivity contribution in [3.05, 3.63) is 30.1 Å². The monoisotopic (exact) mass is 271 g/mol. The molecule has 0 spiro atoms. The molecule has 1 aliphatic rings. The summed E-state index contributed by atoms with van der Waals surface area (Å²) in [6.07, 6.45) is 5.74. The predicted molar refractivity (Wildman–Crippen MR) is 68.2 cm³/mol. The van der Waals surface area contributed by atoms with Crippen LogP contribution in [0.5, 0.6) is 0 Å². The third-order valence-electron chi connectivity index (χ3n) is 3.39. The van der Waals surface area contributed by atoms with Crippen molar-refractivity contribution in [1.29, 1.82) is 0 Å². The van der Waals surface area contributed by atoms with Gasteiger partial charge in [0.2, 0.25) is 10.0 Å². The zero-order chi connectivity index (χ0) is 13.0. The molecule has 0 aromatic heterocycles. The minimum Gasteiger partial charge on any atom is -0.211 e. The van der Waals surface area contributed by atoms with E-state index in [1.165, 1.54) is 37.5 Å². The van der Waals surface area contributed by atoms with Crippen LogP contribution >= 0.6 is 0 Å². The maximum Gasteiger partial charge on any atom is 0.240 e. The smallest absolute Gasteiger partial charge is 0.211 e. The molecule has 1 N–H and O–H groups in total. The molecule has 0 heterocycles. The zero-order valence-corrected chi connectivity index (χ0v) is 11.0. The molecule has 5 heteroatoms. The number of hydrogen-bond donors (Lipinski definition) is 1. The van der Waals surface area contributed by atoms with Crippen molar-refractivity contribution in [2.24, 2.45) is 5.92 Å². The van der Waals surface area contributed by atoms with Gasteiger partial charge in [0.25, 0.3) is 0 Å². The molecular formula is C13H18FNO2S. The van der Waals surface area contributed by atoms with E-state index < -0.39 is 15.8 Å². The van der Waals surface area contributed by atoms with E-state index in [2.05, 4.69) is 4.72 Å². The van der Waals surface area contributed by atoms with E-state index in [0.717, 1.165) is 18.9 Å². The van der Waals surface area contributed by atoms with Crippen molar-refractivity contribution in [3.63, 3.8) is 0 Å². The first-order valence-corrected chi connectivity index (χ1v) is 7.81. The van der Waals surface area contributed by atoms with Crippen molar-refractivity contribution < 1.29 is 12.8 Å². The van der Waals surface area contributed by atoms with Gasteiger partial charge in [0.15, 0.2) is 0 Å². The van der Waals surface area contributed by atoms with Gasteiger partial charge >= 0.3 is 0 Å². The quantitative estimate of drug-likeness (QED) is 0.915. The summed E-state index contributed by atoms with van der Waals surface area (Å²) < 4.78 is 39.5.